The number of carbonyl (C=O) groups excluding carboxylic acids is 2. The normalized spacial score (nSPS) is 13.1. The summed E-state index contributed by atoms with van der Waals surface area (Å²) < 4.78 is 0. The van der Waals surface area contributed by atoms with Gasteiger partial charge in [0, 0.05) is 13.1 Å². The van der Waals surface area contributed by atoms with Gasteiger partial charge in [0.1, 0.15) is 0 Å². The zero-order valence-electron chi connectivity index (χ0n) is 15.2. The first-order chi connectivity index (χ1) is 9.93. The van der Waals surface area contributed by atoms with Crippen LogP contribution < -0.4 is 34.7 Å². The van der Waals surface area contributed by atoms with Gasteiger partial charge in [-0.1, -0.05) is 51.9 Å². The average Bonchev–Trinajstić information content (AvgIpc) is 2.46. The summed E-state index contributed by atoms with van der Waals surface area (Å²) in [4.78, 5) is 25.4. The minimum absolute atomic E-state index is 0. The average molecular weight is 321 g/mol. The molecule has 22 heavy (non-hydrogen) atoms. The number of amides is 1. The number of carbonyl (C=O) groups is 2. The summed E-state index contributed by atoms with van der Waals surface area (Å²) in [7, 11) is 0. The Morgan fingerprint density at radius 2 is 1.36 bits per heavy atom. The van der Waals surface area contributed by atoms with Crippen LogP contribution in [0.4, 0.5) is 0 Å². The Labute approximate surface area is 158 Å². The number of carboxylic acids is 1. The van der Waals surface area contributed by atoms with Gasteiger partial charge in [0.2, 0.25) is 5.91 Å². The van der Waals surface area contributed by atoms with E-state index in [1.165, 1.54) is 32.6 Å². The second kappa shape index (κ2) is 13.4. The van der Waals surface area contributed by atoms with Crippen LogP contribution in [0.2, 0.25) is 0 Å². The second-order valence-corrected chi connectivity index (χ2v) is 5.97. The van der Waals surface area contributed by atoms with E-state index in [-0.39, 0.29) is 35.5 Å². The topological polar surface area (TPSA) is 60.4 Å². The quantitative estimate of drug-likeness (QED) is 0.283. The van der Waals surface area contributed by atoms with Crippen LogP contribution in [-0.4, -0.2) is 29.9 Å². The van der Waals surface area contributed by atoms with Gasteiger partial charge in [0.05, 0.1) is 11.4 Å². The SMILES string of the molecule is CCCCCCCCCC(C)(C(=O)[O-])C(=O)N(CC)CC.[Na+]. The van der Waals surface area contributed by atoms with E-state index in [9.17, 15) is 14.7 Å². The molecule has 0 rings (SSSR count). The standard InChI is InChI=1S/C17H33NO3.Na/c1-5-8-9-10-11-12-13-14-17(4,16(20)21)15(19)18(6-2)7-3;/h5-14H2,1-4H3,(H,20,21);/q;+1/p-1. The molecule has 0 aliphatic rings. The van der Waals surface area contributed by atoms with E-state index in [4.69, 9.17) is 0 Å². The first kappa shape index (κ1) is 24.2. The second-order valence-electron chi connectivity index (χ2n) is 5.97. The summed E-state index contributed by atoms with van der Waals surface area (Å²) in [6, 6.07) is 0. The molecule has 0 N–H and O–H groups in total. The summed E-state index contributed by atoms with van der Waals surface area (Å²) in [6.45, 7) is 8.50. The number of aliphatic carboxylic acids is 1. The summed E-state index contributed by atoms with van der Waals surface area (Å²) in [5.41, 5.74) is -1.38. The molecule has 0 aliphatic heterocycles. The summed E-state index contributed by atoms with van der Waals surface area (Å²) >= 11 is 0. The van der Waals surface area contributed by atoms with Crippen LogP contribution in [0.1, 0.15) is 79.1 Å². The van der Waals surface area contributed by atoms with E-state index >= 15 is 0 Å². The zero-order chi connectivity index (χ0) is 16.3. The molecule has 124 valence electrons. The molecule has 0 bridgehead atoms. The molecule has 1 atom stereocenters. The van der Waals surface area contributed by atoms with E-state index in [1.807, 2.05) is 13.8 Å². The van der Waals surface area contributed by atoms with Gasteiger partial charge >= 0.3 is 29.6 Å². The van der Waals surface area contributed by atoms with Gasteiger partial charge in [-0.15, -0.1) is 0 Å². The minimum Gasteiger partial charge on any atom is -0.549 e. The molecule has 0 fully saturated rings. The molecular weight excluding hydrogens is 289 g/mol. The number of unbranched alkanes of at least 4 members (excludes halogenated alkanes) is 6. The molecule has 1 unspecified atom stereocenters. The van der Waals surface area contributed by atoms with Crippen LogP contribution in [0.15, 0.2) is 0 Å². The van der Waals surface area contributed by atoms with Gasteiger partial charge in [0.25, 0.3) is 0 Å². The Morgan fingerprint density at radius 1 is 0.909 bits per heavy atom. The van der Waals surface area contributed by atoms with Crippen molar-refractivity contribution in [1.82, 2.24) is 4.90 Å². The molecule has 0 aromatic carbocycles. The molecule has 0 heterocycles. The number of nitrogens with zero attached hydrogens (tertiary/aromatic N) is 1. The summed E-state index contributed by atoms with van der Waals surface area (Å²) in [5, 5.41) is 11.4. The van der Waals surface area contributed by atoms with Crippen molar-refractivity contribution in [1.29, 1.82) is 0 Å². The summed E-state index contributed by atoms with van der Waals surface area (Å²) in [6.07, 6.45) is 8.16. The van der Waals surface area contributed by atoms with Crippen molar-refractivity contribution in [2.75, 3.05) is 13.1 Å². The van der Waals surface area contributed by atoms with Crippen LogP contribution in [0.3, 0.4) is 0 Å². The molecule has 0 aliphatic carbocycles. The van der Waals surface area contributed by atoms with Gasteiger partial charge in [-0.3, -0.25) is 4.79 Å². The molecule has 0 saturated heterocycles. The smallest absolute Gasteiger partial charge is 0.549 e. The molecule has 1 amide bonds. The van der Waals surface area contributed by atoms with Crippen molar-refractivity contribution < 1.29 is 44.3 Å². The fourth-order valence-electron chi connectivity index (χ4n) is 2.59. The minimum atomic E-state index is -1.38. The zero-order valence-corrected chi connectivity index (χ0v) is 17.2. The van der Waals surface area contributed by atoms with Gasteiger partial charge in [-0.2, -0.15) is 0 Å². The van der Waals surface area contributed by atoms with Crippen molar-refractivity contribution in [3.8, 4) is 0 Å². The van der Waals surface area contributed by atoms with Crippen LogP contribution in [0, 0.1) is 5.41 Å². The fraction of sp³-hybridized carbons (Fsp3) is 0.882. The molecular formula is C17H32NNaO3. The van der Waals surface area contributed by atoms with Gasteiger partial charge < -0.3 is 14.8 Å². The van der Waals surface area contributed by atoms with Gasteiger partial charge in [-0.05, 0) is 27.2 Å². The Kier molecular flexibility index (Phi) is 14.7. The van der Waals surface area contributed by atoms with Gasteiger partial charge in [0.15, 0.2) is 0 Å². The van der Waals surface area contributed by atoms with Crippen molar-refractivity contribution in [3.05, 3.63) is 0 Å². The maximum Gasteiger partial charge on any atom is 1.00 e. The van der Waals surface area contributed by atoms with Crippen LogP contribution in [0.5, 0.6) is 0 Å². The Morgan fingerprint density at radius 3 is 1.77 bits per heavy atom. The predicted molar refractivity (Wildman–Crippen MR) is 83.7 cm³/mol. The fourth-order valence-corrected chi connectivity index (χ4v) is 2.59. The molecule has 0 aromatic rings. The van der Waals surface area contributed by atoms with Crippen molar-refractivity contribution in [2.45, 2.75) is 79.1 Å². The molecule has 0 spiro atoms. The predicted octanol–water partition coefficient (Wildman–Crippen LogP) is -0.244. The van der Waals surface area contributed by atoms with Crippen LogP contribution in [0.25, 0.3) is 0 Å². The van der Waals surface area contributed by atoms with E-state index < -0.39 is 11.4 Å². The van der Waals surface area contributed by atoms with E-state index in [2.05, 4.69) is 6.92 Å². The maximum atomic E-state index is 12.4. The molecule has 4 nitrogen and oxygen atoms in total. The Balaban J connectivity index is 0. The largest absolute Gasteiger partial charge is 1.00 e. The molecule has 5 heteroatoms. The van der Waals surface area contributed by atoms with Gasteiger partial charge in [-0.25, -0.2) is 0 Å². The molecule has 0 aromatic heterocycles. The van der Waals surface area contributed by atoms with E-state index in [0.29, 0.717) is 19.5 Å². The van der Waals surface area contributed by atoms with Crippen molar-refractivity contribution >= 4 is 11.9 Å². The van der Waals surface area contributed by atoms with Crippen LogP contribution >= 0.6 is 0 Å². The monoisotopic (exact) mass is 321 g/mol. The number of carboxylic acid groups (broad SMARTS) is 1. The number of hydrogen-bond acceptors (Lipinski definition) is 3. The van der Waals surface area contributed by atoms with E-state index in [0.717, 1.165) is 19.3 Å². The Hall–Kier alpha value is -0.0600. The molecule has 0 radical (unpaired) electrons. The third kappa shape index (κ3) is 7.98. The third-order valence-corrected chi connectivity index (χ3v) is 4.25. The summed E-state index contributed by atoms with van der Waals surface area (Å²) in [5.74, 6) is -1.55. The van der Waals surface area contributed by atoms with Crippen molar-refractivity contribution in [2.24, 2.45) is 5.41 Å². The van der Waals surface area contributed by atoms with Crippen LogP contribution in [-0.2, 0) is 9.59 Å². The Bertz CT molecular complexity index is 319. The third-order valence-electron chi connectivity index (χ3n) is 4.25. The number of rotatable bonds is 12. The number of hydrogen-bond donors (Lipinski definition) is 0. The van der Waals surface area contributed by atoms with E-state index in [1.54, 1.807) is 4.90 Å². The first-order valence-corrected chi connectivity index (χ1v) is 8.44. The van der Waals surface area contributed by atoms with Crippen molar-refractivity contribution in [3.63, 3.8) is 0 Å². The maximum absolute atomic E-state index is 12.4. The first-order valence-electron chi connectivity index (χ1n) is 8.44. The molecule has 0 saturated carbocycles.